The van der Waals surface area contributed by atoms with Gasteiger partial charge in [0.1, 0.15) is 26.5 Å². The first-order chi connectivity index (χ1) is 12.0. The number of hydrogen-bond acceptors (Lipinski definition) is 2. The average molecular weight is 335 g/mol. The molecule has 25 heavy (non-hydrogen) atoms. The topological polar surface area (TPSA) is 15.5 Å². The summed E-state index contributed by atoms with van der Waals surface area (Å²) in [5.74, 6) is 0.916. The van der Waals surface area contributed by atoms with Gasteiger partial charge in [-0.1, -0.05) is 50.2 Å². The monoisotopic (exact) mass is 335 g/mol. The minimum Gasteiger partial charge on any atom is -0.492 e. The van der Waals surface area contributed by atoms with E-state index < -0.39 is 0 Å². The minimum absolute atomic E-state index is 0.0180. The third-order valence-electron chi connectivity index (χ3n) is 4.66. The lowest BCUT2D eigenvalue weighted by Crippen LogP contribution is -2.30. The van der Waals surface area contributed by atoms with Gasteiger partial charge in [-0.3, -0.25) is 0 Å². The number of para-hydroxylation sites is 2. The Labute approximate surface area is 150 Å². The third-order valence-corrected chi connectivity index (χ3v) is 4.66. The van der Waals surface area contributed by atoms with Crippen molar-refractivity contribution in [2.45, 2.75) is 19.3 Å². The minimum atomic E-state index is -0.0180. The molecule has 0 bridgehead atoms. The lowest BCUT2D eigenvalue weighted by Gasteiger charge is -2.26. The Bertz CT molecular complexity index is 787. The van der Waals surface area contributed by atoms with Crippen LogP contribution in [-0.2, 0) is 5.41 Å². The molecule has 3 nitrogen and oxygen atoms in total. The van der Waals surface area contributed by atoms with Crippen molar-refractivity contribution in [3.63, 3.8) is 0 Å². The van der Waals surface area contributed by atoms with Crippen molar-refractivity contribution < 1.29 is 9.31 Å². The van der Waals surface area contributed by atoms with Gasteiger partial charge >= 0.3 is 0 Å². The summed E-state index contributed by atoms with van der Waals surface area (Å²) >= 11 is 0. The predicted molar refractivity (Wildman–Crippen MR) is 105 cm³/mol. The van der Waals surface area contributed by atoms with Crippen LogP contribution in [0.25, 0.3) is 0 Å². The molecule has 0 spiro atoms. The number of allylic oxidation sites excluding steroid dienone is 2. The van der Waals surface area contributed by atoms with Crippen LogP contribution >= 0.6 is 0 Å². The summed E-state index contributed by atoms with van der Waals surface area (Å²) in [4.78, 5) is 2.39. The maximum atomic E-state index is 5.94. The number of benzene rings is 2. The van der Waals surface area contributed by atoms with Gasteiger partial charge in [-0.25, -0.2) is 4.58 Å². The normalized spacial score (nSPS) is 16.6. The van der Waals surface area contributed by atoms with E-state index >= 15 is 0 Å². The Morgan fingerprint density at radius 1 is 1.00 bits per heavy atom. The summed E-state index contributed by atoms with van der Waals surface area (Å²) in [5, 5.41) is 0. The maximum absolute atomic E-state index is 5.94. The largest absolute Gasteiger partial charge is 0.492 e. The van der Waals surface area contributed by atoms with Crippen LogP contribution in [-0.4, -0.2) is 38.0 Å². The molecule has 0 N–H and O–H groups in total. The Hall–Kier alpha value is -2.55. The summed E-state index contributed by atoms with van der Waals surface area (Å²) in [5.41, 5.74) is 3.94. The second-order valence-corrected chi connectivity index (χ2v) is 7.12. The van der Waals surface area contributed by atoms with Crippen LogP contribution in [0, 0.1) is 0 Å². The molecular formula is C22H27N2O+. The second kappa shape index (κ2) is 7.14. The molecule has 2 aromatic carbocycles. The van der Waals surface area contributed by atoms with Crippen LogP contribution in [0.1, 0.15) is 19.4 Å². The summed E-state index contributed by atoms with van der Waals surface area (Å²) in [7, 11) is 4.10. The highest BCUT2D eigenvalue weighted by Gasteiger charge is 2.39. The summed E-state index contributed by atoms with van der Waals surface area (Å²) in [6, 6.07) is 18.7. The van der Waals surface area contributed by atoms with Crippen molar-refractivity contribution in [3.8, 4) is 5.75 Å². The molecule has 0 fully saturated rings. The van der Waals surface area contributed by atoms with Crippen molar-refractivity contribution in [3.05, 3.63) is 71.9 Å². The van der Waals surface area contributed by atoms with Gasteiger partial charge in [0, 0.05) is 22.9 Å². The molecule has 0 atom stereocenters. The average Bonchev–Trinajstić information content (AvgIpc) is 2.81. The first kappa shape index (κ1) is 17.3. The number of ether oxygens (including phenoxy) is 1. The zero-order valence-electron chi connectivity index (χ0n) is 15.6. The first-order valence-corrected chi connectivity index (χ1v) is 8.77. The molecular weight excluding hydrogens is 308 g/mol. The Morgan fingerprint density at radius 2 is 1.68 bits per heavy atom. The van der Waals surface area contributed by atoms with Gasteiger partial charge in [0.05, 0.1) is 6.54 Å². The van der Waals surface area contributed by atoms with E-state index in [1.54, 1.807) is 0 Å². The fourth-order valence-electron chi connectivity index (χ4n) is 3.37. The van der Waals surface area contributed by atoms with Gasteiger partial charge in [-0.15, -0.1) is 0 Å². The molecule has 0 aromatic heterocycles. The number of anilines is 1. The van der Waals surface area contributed by atoms with Gasteiger partial charge < -0.3 is 9.64 Å². The fraction of sp³-hybridized carbons (Fsp3) is 0.318. The van der Waals surface area contributed by atoms with Crippen LogP contribution in [0.4, 0.5) is 5.69 Å². The van der Waals surface area contributed by atoms with E-state index in [2.05, 4.69) is 74.0 Å². The standard InChI is InChI=1S/C22H27N2O/c1-22(2)19-12-8-9-13-20(19)24(21(22)14-15-23(3)4)16-17-25-18-10-6-5-7-11-18/h5-15H,16-17H2,1-4H3/q+1. The van der Waals surface area contributed by atoms with Gasteiger partial charge in [0.25, 0.3) is 0 Å². The molecule has 0 radical (unpaired) electrons. The maximum Gasteiger partial charge on any atom is 0.164 e. The van der Waals surface area contributed by atoms with E-state index in [0.29, 0.717) is 6.61 Å². The number of fused-ring (bicyclic) bond motifs is 1. The Morgan fingerprint density at radius 3 is 2.40 bits per heavy atom. The summed E-state index contributed by atoms with van der Waals surface area (Å²) < 4.78 is 8.01. The second-order valence-electron chi connectivity index (χ2n) is 7.12. The van der Waals surface area contributed by atoms with E-state index in [1.807, 2.05) is 30.3 Å². The van der Waals surface area contributed by atoms with Crippen molar-refractivity contribution in [2.75, 3.05) is 32.1 Å². The van der Waals surface area contributed by atoms with Crippen molar-refractivity contribution in [1.29, 1.82) is 0 Å². The fourth-order valence-corrected chi connectivity index (χ4v) is 3.37. The van der Waals surface area contributed by atoms with Gasteiger partial charge in [-0.05, 0) is 23.8 Å². The predicted octanol–water partition coefficient (Wildman–Crippen LogP) is 4.09. The molecule has 1 aliphatic rings. The van der Waals surface area contributed by atoms with Gasteiger partial charge in [-0.2, -0.15) is 0 Å². The SMILES string of the molecule is C[N+](C)=CC=C1N(CCOc2ccccc2)c2ccccc2C1(C)C. The van der Waals surface area contributed by atoms with Crippen LogP contribution in [0.5, 0.6) is 5.75 Å². The third kappa shape index (κ3) is 3.60. The molecule has 1 heterocycles. The molecule has 130 valence electrons. The highest BCUT2D eigenvalue weighted by molar-refractivity contribution is 5.77. The lowest BCUT2D eigenvalue weighted by atomic mass is 9.84. The van der Waals surface area contributed by atoms with Crippen molar-refractivity contribution in [2.24, 2.45) is 0 Å². The number of rotatable bonds is 5. The van der Waals surface area contributed by atoms with E-state index in [0.717, 1.165) is 12.3 Å². The Kier molecular flexibility index (Phi) is 4.93. The number of hydrogen-bond donors (Lipinski definition) is 0. The molecule has 0 saturated heterocycles. The first-order valence-electron chi connectivity index (χ1n) is 8.77. The zero-order chi connectivity index (χ0) is 17.9. The van der Waals surface area contributed by atoms with E-state index in [4.69, 9.17) is 4.74 Å². The summed E-state index contributed by atoms with van der Waals surface area (Å²) in [6.45, 7) is 6.05. The quantitative estimate of drug-likeness (QED) is 0.604. The van der Waals surface area contributed by atoms with Crippen LogP contribution in [0.15, 0.2) is 66.4 Å². The van der Waals surface area contributed by atoms with Gasteiger partial charge in [0.2, 0.25) is 0 Å². The van der Waals surface area contributed by atoms with E-state index in [-0.39, 0.29) is 5.41 Å². The highest BCUT2D eigenvalue weighted by atomic mass is 16.5. The molecule has 2 aromatic rings. The van der Waals surface area contributed by atoms with E-state index in [9.17, 15) is 0 Å². The molecule has 0 unspecified atom stereocenters. The van der Waals surface area contributed by atoms with E-state index in [1.165, 1.54) is 16.9 Å². The van der Waals surface area contributed by atoms with Crippen LogP contribution in [0.3, 0.4) is 0 Å². The van der Waals surface area contributed by atoms with Crippen LogP contribution < -0.4 is 9.64 Å². The van der Waals surface area contributed by atoms with Crippen molar-refractivity contribution in [1.82, 2.24) is 0 Å². The van der Waals surface area contributed by atoms with Crippen LogP contribution in [0.2, 0.25) is 0 Å². The number of nitrogens with zero attached hydrogens (tertiary/aromatic N) is 2. The molecule has 3 heteroatoms. The Balaban J connectivity index is 1.86. The lowest BCUT2D eigenvalue weighted by molar-refractivity contribution is -0.458. The van der Waals surface area contributed by atoms with Crippen molar-refractivity contribution >= 4 is 11.9 Å². The van der Waals surface area contributed by atoms with Gasteiger partial charge in [0.15, 0.2) is 6.21 Å². The smallest absolute Gasteiger partial charge is 0.164 e. The molecule has 0 amide bonds. The zero-order valence-corrected chi connectivity index (χ0v) is 15.6. The molecule has 0 saturated carbocycles. The highest BCUT2D eigenvalue weighted by Crippen LogP contribution is 2.47. The molecule has 1 aliphatic heterocycles. The molecule has 3 rings (SSSR count). The summed E-state index contributed by atoms with van der Waals surface area (Å²) in [6.07, 6.45) is 4.34. The molecule has 0 aliphatic carbocycles.